The molecule has 0 aliphatic carbocycles. The molecule has 3 atom stereocenters. The van der Waals surface area contributed by atoms with Gasteiger partial charge in [0.05, 0.1) is 12.2 Å². The zero-order valence-corrected chi connectivity index (χ0v) is 13.4. The van der Waals surface area contributed by atoms with E-state index in [9.17, 15) is 0 Å². The average molecular weight is 326 g/mol. The van der Waals surface area contributed by atoms with Crippen LogP contribution in [0.25, 0.3) is 0 Å². The van der Waals surface area contributed by atoms with Crippen LogP contribution in [-0.2, 0) is 4.74 Å². The van der Waals surface area contributed by atoms with E-state index in [-0.39, 0.29) is 0 Å². The Morgan fingerprint density at radius 2 is 2.05 bits per heavy atom. The smallest absolute Gasteiger partial charge is 0.0586 e. The zero-order valence-electron chi connectivity index (χ0n) is 11.9. The fourth-order valence-electron chi connectivity index (χ4n) is 2.77. The Bertz CT molecular complexity index is 379. The number of likely N-dealkylation sites (N-methyl/N-ethyl adjacent to an activating group) is 1. The van der Waals surface area contributed by atoms with Crippen LogP contribution in [0.3, 0.4) is 0 Å². The zero-order chi connectivity index (χ0) is 13.7. The van der Waals surface area contributed by atoms with E-state index in [1.54, 1.807) is 0 Å². The summed E-state index contributed by atoms with van der Waals surface area (Å²) < 4.78 is 7.12. The van der Waals surface area contributed by atoms with Gasteiger partial charge in [0, 0.05) is 11.0 Å². The van der Waals surface area contributed by atoms with E-state index in [0.29, 0.717) is 18.1 Å². The molecule has 1 fully saturated rings. The van der Waals surface area contributed by atoms with Crippen LogP contribution >= 0.6 is 15.9 Å². The molecule has 3 heteroatoms. The average Bonchev–Trinajstić information content (AvgIpc) is 2.81. The molecule has 0 spiro atoms. The molecule has 1 aromatic rings. The number of halogens is 1. The largest absolute Gasteiger partial charge is 0.375 e. The van der Waals surface area contributed by atoms with Crippen LogP contribution in [0.5, 0.6) is 0 Å². The quantitative estimate of drug-likeness (QED) is 0.850. The first-order valence-electron chi connectivity index (χ1n) is 7.30. The first-order chi connectivity index (χ1) is 9.19. The number of hydrogen-bond donors (Lipinski definition) is 1. The van der Waals surface area contributed by atoms with E-state index in [0.717, 1.165) is 24.0 Å². The van der Waals surface area contributed by atoms with Crippen LogP contribution < -0.4 is 5.32 Å². The summed E-state index contributed by atoms with van der Waals surface area (Å²) in [6.07, 6.45) is 4.41. The van der Waals surface area contributed by atoms with E-state index in [4.69, 9.17) is 4.74 Å². The van der Waals surface area contributed by atoms with Gasteiger partial charge in [-0.05, 0) is 56.3 Å². The molecule has 106 valence electrons. The Hall–Kier alpha value is -0.380. The Morgan fingerprint density at radius 3 is 2.63 bits per heavy atom. The van der Waals surface area contributed by atoms with Crippen LogP contribution in [0.4, 0.5) is 0 Å². The van der Waals surface area contributed by atoms with Gasteiger partial charge in [0.25, 0.3) is 0 Å². The van der Waals surface area contributed by atoms with Crippen LogP contribution in [0, 0.1) is 0 Å². The van der Waals surface area contributed by atoms with Gasteiger partial charge in [-0.2, -0.15) is 0 Å². The fraction of sp³-hybridized carbons (Fsp3) is 0.625. The molecule has 1 aliphatic rings. The van der Waals surface area contributed by atoms with Crippen LogP contribution in [0.1, 0.15) is 44.6 Å². The SMILES string of the molecule is CCNCC(CC1CCC(C)O1)c1ccc(Br)cc1. The van der Waals surface area contributed by atoms with Crippen molar-refractivity contribution in [1.82, 2.24) is 5.32 Å². The van der Waals surface area contributed by atoms with Crippen LogP contribution in [-0.4, -0.2) is 25.3 Å². The summed E-state index contributed by atoms with van der Waals surface area (Å²) in [6.45, 7) is 6.40. The van der Waals surface area contributed by atoms with Crippen LogP contribution in [0.15, 0.2) is 28.7 Å². The number of hydrogen-bond acceptors (Lipinski definition) is 2. The highest BCUT2D eigenvalue weighted by Gasteiger charge is 2.25. The highest BCUT2D eigenvalue weighted by Crippen LogP contribution is 2.29. The van der Waals surface area contributed by atoms with E-state index >= 15 is 0 Å². The molecular weight excluding hydrogens is 302 g/mol. The molecule has 19 heavy (non-hydrogen) atoms. The van der Waals surface area contributed by atoms with Gasteiger partial charge in [0.1, 0.15) is 0 Å². The molecule has 1 saturated heterocycles. The third-order valence-corrected chi connectivity index (χ3v) is 4.38. The van der Waals surface area contributed by atoms with E-state index in [1.165, 1.54) is 18.4 Å². The minimum atomic E-state index is 0.433. The van der Waals surface area contributed by atoms with E-state index < -0.39 is 0 Å². The molecule has 0 bridgehead atoms. The lowest BCUT2D eigenvalue weighted by molar-refractivity contribution is 0.0466. The number of benzene rings is 1. The summed E-state index contributed by atoms with van der Waals surface area (Å²) in [7, 11) is 0. The highest BCUT2D eigenvalue weighted by molar-refractivity contribution is 9.10. The van der Waals surface area contributed by atoms with Crippen molar-refractivity contribution in [2.24, 2.45) is 0 Å². The van der Waals surface area contributed by atoms with E-state index in [2.05, 4.69) is 59.4 Å². The minimum Gasteiger partial charge on any atom is -0.375 e. The molecule has 0 amide bonds. The number of nitrogens with one attached hydrogen (secondary N) is 1. The van der Waals surface area contributed by atoms with Gasteiger partial charge in [0.15, 0.2) is 0 Å². The predicted octanol–water partition coefficient (Wildman–Crippen LogP) is 4.10. The molecule has 1 N–H and O–H groups in total. The Balaban J connectivity index is 2.00. The molecule has 1 heterocycles. The summed E-state index contributed by atoms with van der Waals surface area (Å²) in [5, 5.41) is 3.48. The van der Waals surface area contributed by atoms with Crippen molar-refractivity contribution >= 4 is 15.9 Å². The Kier molecular flexibility index (Phi) is 5.86. The second-order valence-electron chi connectivity index (χ2n) is 5.44. The lowest BCUT2D eigenvalue weighted by atomic mass is 9.92. The van der Waals surface area contributed by atoms with Crippen molar-refractivity contribution in [2.45, 2.75) is 51.2 Å². The normalized spacial score (nSPS) is 24.6. The van der Waals surface area contributed by atoms with Gasteiger partial charge >= 0.3 is 0 Å². The Labute approximate surface area is 125 Å². The third kappa shape index (κ3) is 4.59. The van der Waals surface area contributed by atoms with Crippen LogP contribution in [0.2, 0.25) is 0 Å². The van der Waals surface area contributed by atoms with Gasteiger partial charge in [-0.3, -0.25) is 0 Å². The van der Waals surface area contributed by atoms with Gasteiger partial charge in [0.2, 0.25) is 0 Å². The van der Waals surface area contributed by atoms with Crippen molar-refractivity contribution in [3.8, 4) is 0 Å². The topological polar surface area (TPSA) is 21.3 Å². The summed E-state index contributed by atoms with van der Waals surface area (Å²) in [6, 6.07) is 8.72. The summed E-state index contributed by atoms with van der Waals surface area (Å²) in [5.41, 5.74) is 1.41. The standard InChI is InChI=1S/C16H24BrNO/c1-3-18-11-14(10-16-9-4-12(2)19-16)13-5-7-15(17)8-6-13/h5-8,12,14,16,18H,3-4,9-11H2,1-2H3. The van der Waals surface area contributed by atoms with Crippen molar-refractivity contribution in [2.75, 3.05) is 13.1 Å². The predicted molar refractivity (Wildman–Crippen MR) is 83.6 cm³/mol. The van der Waals surface area contributed by atoms with E-state index in [1.807, 2.05) is 0 Å². The Morgan fingerprint density at radius 1 is 1.32 bits per heavy atom. The molecule has 1 aromatic carbocycles. The second kappa shape index (κ2) is 7.41. The first kappa shape index (κ1) is 15.0. The van der Waals surface area contributed by atoms with Gasteiger partial charge < -0.3 is 10.1 Å². The number of ether oxygens (including phenoxy) is 1. The second-order valence-corrected chi connectivity index (χ2v) is 6.35. The molecule has 0 aromatic heterocycles. The molecule has 3 unspecified atom stereocenters. The van der Waals surface area contributed by atoms with Crippen molar-refractivity contribution < 1.29 is 4.74 Å². The lowest BCUT2D eigenvalue weighted by Gasteiger charge is -2.21. The first-order valence-corrected chi connectivity index (χ1v) is 8.10. The summed E-state index contributed by atoms with van der Waals surface area (Å²) in [4.78, 5) is 0. The number of rotatable bonds is 6. The maximum Gasteiger partial charge on any atom is 0.0586 e. The molecule has 1 aliphatic heterocycles. The molecule has 2 nitrogen and oxygen atoms in total. The van der Waals surface area contributed by atoms with Crippen molar-refractivity contribution in [3.05, 3.63) is 34.3 Å². The van der Waals surface area contributed by atoms with Crippen molar-refractivity contribution in [1.29, 1.82) is 0 Å². The maximum atomic E-state index is 5.98. The molecular formula is C16H24BrNO. The monoisotopic (exact) mass is 325 g/mol. The maximum absolute atomic E-state index is 5.98. The van der Waals surface area contributed by atoms with Gasteiger partial charge in [-0.1, -0.05) is 35.0 Å². The highest BCUT2D eigenvalue weighted by atomic mass is 79.9. The lowest BCUT2D eigenvalue weighted by Crippen LogP contribution is -2.24. The minimum absolute atomic E-state index is 0.433. The van der Waals surface area contributed by atoms with Gasteiger partial charge in [-0.25, -0.2) is 0 Å². The van der Waals surface area contributed by atoms with Crippen molar-refractivity contribution in [3.63, 3.8) is 0 Å². The molecule has 0 saturated carbocycles. The third-order valence-electron chi connectivity index (χ3n) is 3.85. The summed E-state index contributed by atoms with van der Waals surface area (Å²) in [5.74, 6) is 0.545. The summed E-state index contributed by atoms with van der Waals surface area (Å²) >= 11 is 3.50. The van der Waals surface area contributed by atoms with Gasteiger partial charge in [-0.15, -0.1) is 0 Å². The fourth-order valence-corrected chi connectivity index (χ4v) is 3.03. The molecule has 0 radical (unpaired) electrons. The molecule has 2 rings (SSSR count).